The van der Waals surface area contributed by atoms with Gasteiger partial charge in [0.1, 0.15) is 5.82 Å². The van der Waals surface area contributed by atoms with E-state index in [4.69, 9.17) is 10.8 Å². The molecule has 1 aromatic heterocycles. The summed E-state index contributed by atoms with van der Waals surface area (Å²) in [5.41, 5.74) is 5.58. The van der Waals surface area contributed by atoms with E-state index in [2.05, 4.69) is 14.9 Å². The summed E-state index contributed by atoms with van der Waals surface area (Å²) >= 11 is 0. The first-order chi connectivity index (χ1) is 8.19. The lowest BCUT2D eigenvalue weighted by atomic mass is 10.4. The van der Waals surface area contributed by atoms with E-state index in [0.29, 0.717) is 13.1 Å². The molecule has 0 amide bonds. The van der Waals surface area contributed by atoms with Crippen LogP contribution in [0.5, 0.6) is 0 Å². The summed E-state index contributed by atoms with van der Waals surface area (Å²) in [6, 6.07) is 1.96. The Bertz CT molecular complexity index is 307. The molecular weight excluding hydrogens is 218 g/mol. The van der Waals surface area contributed by atoms with Crippen molar-refractivity contribution in [3.05, 3.63) is 12.3 Å². The van der Waals surface area contributed by atoms with Crippen molar-refractivity contribution in [3.8, 4) is 0 Å². The van der Waals surface area contributed by atoms with E-state index in [-0.39, 0.29) is 6.61 Å². The summed E-state index contributed by atoms with van der Waals surface area (Å²) < 4.78 is 1.95. The van der Waals surface area contributed by atoms with Crippen molar-refractivity contribution in [2.24, 2.45) is 5.73 Å². The van der Waals surface area contributed by atoms with Crippen LogP contribution in [-0.2, 0) is 6.54 Å². The van der Waals surface area contributed by atoms with Gasteiger partial charge in [0.15, 0.2) is 0 Å². The summed E-state index contributed by atoms with van der Waals surface area (Å²) in [4.78, 5) is 4.17. The molecule has 0 aliphatic carbocycles. The van der Waals surface area contributed by atoms with E-state index in [1.54, 1.807) is 6.20 Å². The third kappa shape index (κ3) is 4.33. The maximum Gasteiger partial charge on any atom is 0.126 e. The van der Waals surface area contributed by atoms with E-state index in [1.165, 1.54) is 0 Å². The number of hydrogen-bond donors (Lipinski definition) is 2. The Balaban J connectivity index is 2.69. The highest BCUT2D eigenvalue weighted by Crippen LogP contribution is 2.12. The van der Waals surface area contributed by atoms with Gasteiger partial charge in [-0.1, -0.05) is 0 Å². The molecule has 0 saturated carbocycles. The average molecular weight is 241 g/mol. The number of rotatable bonds is 8. The summed E-state index contributed by atoms with van der Waals surface area (Å²) in [5, 5.41) is 13.4. The maximum atomic E-state index is 9.05. The van der Waals surface area contributed by atoms with E-state index in [9.17, 15) is 0 Å². The molecule has 98 valence electrons. The molecule has 6 heteroatoms. The topological polar surface area (TPSA) is 70.6 Å². The van der Waals surface area contributed by atoms with Crippen LogP contribution in [0.2, 0.25) is 0 Å². The maximum absolute atomic E-state index is 9.05. The van der Waals surface area contributed by atoms with Gasteiger partial charge < -0.3 is 20.6 Å². The number of aliphatic hydroxyl groups excluding tert-OH is 1. The number of hydrogen-bond acceptors (Lipinski definition) is 5. The minimum Gasteiger partial charge on any atom is -0.395 e. The predicted octanol–water partition coefficient (Wildman–Crippen LogP) is -0.798. The molecule has 1 aromatic rings. The van der Waals surface area contributed by atoms with Gasteiger partial charge in [-0.2, -0.15) is 5.10 Å². The summed E-state index contributed by atoms with van der Waals surface area (Å²) in [7, 11) is 4.07. The van der Waals surface area contributed by atoms with Gasteiger partial charge in [-0.3, -0.25) is 0 Å². The number of nitrogens with zero attached hydrogens (tertiary/aromatic N) is 4. The molecule has 0 aliphatic heterocycles. The second-order valence-corrected chi connectivity index (χ2v) is 4.22. The van der Waals surface area contributed by atoms with Crippen molar-refractivity contribution in [3.63, 3.8) is 0 Å². The lowest BCUT2D eigenvalue weighted by Gasteiger charge is -2.24. The highest BCUT2D eigenvalue weighted by molar-refractivity contribution is 5.38. The Kier molecular flexibility index (Phi) is 5.96. The zero-order chi connectivity index (χ0) is 12.7. The molecule has 0 saturated heterocycles. The molecule has 0 atom stereocenters. The van der Waals surface area contributed by atoms with Gasteiger partial charge in [-0.15, -0.1) is 0 Å². The monoisotopic (exact) mass is 241 g/mol. The zero-order valence-corrected chi connectivity index (χ0v) is 10.7. The van der Waals surface area contributed by atoms with Crippen molar-refractivity contribution < 1.29 is 5.11 Å². The third-order valence-electron chi connectivity index (χ3n) is 2.55. The van der Waals surface area contributed by atoms with Crippen LogP contribution in [-0.4, -0.2) is 66.7 Å². The zero-order valence-electron chi connectivity index (χ0n) is 10.7. The molecule has 6 nitrogen and oxygen atoms in total. The molecule has 0 aliphatic rings. The van der Waals surface area contributed by atoms with Gasteiger partial charge in [-0.05, 0) is 14.1 Å². The van der Waals surface area contributed by atoms with Crippen LogP contribution in [0.3, 0.4) is 0 Å². The van der Waals surface area contributed by atoms with E-state index in [1.807, 2.05) is 24.8 Å². The van der Waals surface area contributed by atoms with Crippen molar-refractivity contribution >= 4 is 5.82 Å². The van der Waals surface area contributed by atoms with Gasteiger partial charge in [0.2, 0.25) is 0 Å². The number of aliphatic hydroxyl groups is 1. The first-order valence-electron chi connectivity index (χ1n) is 5.91. The molecule has 17 heavy (non-hydrogen) atoms. The molecule has 0 radical (unpaired) electrons. The minimum absolute atomic E-state index is 0.124. The van der Waals surface area contributed by atoms with E-state index >= 15 is 0 Å². The number of aromatic nitrogens is 2. The molecule has 1 rings (SSSR count). The SMILES string of the molecule is CN(C)CCn1nccc1N(CCN)CCO. The van der Waals surface area contributed by atoms with Crippen LogP contribution in [0.15, 0.2) is 12.3 Å². The van der Waals surface area contributed by atoms with Crippen molar-refractivity contribution in [2.45, 2.75) is 6.54 Å². The van der Waals surface area contributed by atoms with Gasteiger partial charge in [0, 0.05) is 32.2 Å². The van der Waals surface area contributed by atoms with Gasteiger partial charge >= 0.3 is 0 Å². The van der Waals surface area contributed by atoms with Crippen LogP contribution in [0, 0.1) is 0 Å². The Morgan fingerprint density at radius 2 is 2.12 bits per heavy atom. The highest BCUT2D eigenvalue weighted by Gasteiger charge is 2.10. The largest absolute Gasteiger partial charge is 0.395 e. The number of likely N-dealkylation sites (N-methyl/N-ethyl adjacent to an activating group) is 1. The Hall–Kier alpha value is -1.11. The average Bonchev–Trinajstić information content (AvgIpc) is 2.74. The van der Waals surface area contributed by atoms with Crippen LogP contribution in [0.1, 0.15) is 0 Å². The van der Waals surface area contributed by atoms with Crippen LogP contribution in [0.25, 0.3) is 0 Å². The predicted molar refractivity (Wildman–Crippen MR) is 69.1 cm³/mol. The standard InChI is InChI=1S/C11H23N5O/c1-14(2)7-8-16-11(3-5-13-16)15(6-4-12)9-10-17/h3,5,17H,4,6-10,12H2,1-2H3. The molecule has 1 heterocycles. The minimum atomic E-state index is 0.124. The van der Waals surface area contributed by atoms with E-state index < -0.39 is 0 Å². The van der Waals surface area contributed by atoms with Gasteiger partial charge in [-0.25, -0.2) is 4.68 Å². The number of anilines is 1. The lowest BCUT2D eigenvalue weighted by Crippen LogP contribution is -2.34. The fraction of sp³-hybridized carbons (Fsp3) is 0.727. The fourth-order valence-electron chi connectivity index (χ4n) is 1.68. The van der Waals surface area contributed by atoms with Crippen molar-refractivity contribution in [2.75, 3.05) is 51.8 Å². The van der Waals surface area contributed by atoms with Gasteiger partial charge in [0.25, 0.3) is 0 Å². The first kappa shape index (κ1) is 14.0. The van der Waals surface area contributed by atoms with Crippen LogP contribution in [0.4, 0.5) is 5.82 Å². The summed E-state index contributed by atoms with van der Waals surface area (Å²) in [5.74, 6) is 1.02. The Labute approximate surface area is 103 Å². The molecule has 0 aromatic carbocycles. The summed E-state index contributed by atoms with van der Waals surface area (Å²) in [6.45, 7) is 3.78. The number of nitrogens with two attached hydrogens (primary N) is 1. The quantitative estimate of drug-likeness (QED) is 0.624. The smallest absolute Gasteiger partial charge is 0.126 e. The third-order valence-corrected chi connectivity index (χ3v) is 2.55. The highest BCUT2D eigenvalue weighted by atomic mass is 16.3. The molecule has 0 spiro atoms. The first-order valence-corrected chi connectivity index (χ1v) is 5.91. The summed E-state index contributed by atoms with van der Waals surface area (Å²) in [6.07, 6.45) is 1.78. The van der Waals surface area contributed by atoms with Crippen LogP contribution < -0.4 is 10.6 Å². The normalized spacial score (nSPS) is 11.1. The molecule has 0 fully saturated rings. The molecule has 0 bridgehead atoms. The van der Waals surface area contributed by atoms with Gasteiger partial charge in [0.05, 0.1) is 19.3 Å². The van der Waals surface area contributed by atoms with E-state index in [0.717, 1.165) is 25.5 Å². The Morgan fingerprint density at radius 1 is 1.35 bits per heavy atom. The lowest BCUT2D eigenvalue weighted by molar-refractivity contribution is 0.300. The van der Waals surface area contributed by atoms with Crippen molar-refractivity contribution in [1.29, 1.82) is 0 Å². The second-order valence-electron chi connectivity index (χ2n) is 4.22. The molecular formula is C11H23N5O. The molecule has 3 N–H and O–H groups in total. The Morgan fingerprint density at radius 3 is 2.71 bits per heavy atom. The van der Waals surface area contributed by atoms with Crippen molar-refractivity contribution in [1.82, 2.24) is 14.7 Å². The fourth-order valence-corrected chi connectivity index (χ4v) is 1.68. The van der Waals surface area contributed by atoms with Crippen LogP contribution >= 0.6 is 0 Å². The molecule has 0 unspecified atom stereocenters. The second kappa shape index (κ2) is 7.26.